The van der Waals surface area contributed by atoms with Crippen molar-refractivity contribution in [1.29, 1.82) is 0 Å². The maximum Gasteiger partial charge on any atom is 0.338 e. The van der Waals surface area contributed by atoms with Gasteiger partial charge in [-0.2, -0.15) is 0 Å². The Bertz CT molecular complexity index is 826. The highest BCUT2D eigenvalue weighted by atomic mass is 32.2. The van der Waals surface area contributed by atoms with Crippen molar-refractivity contribution < 1.29 is 22.4 Å². The van der Waals surface area contributed by atoms with Gasteiger partial charge in [0.2, 0.25) is 15.9 Å². The Morgan fingerprint density at radius 2 is 1.95 bits per heavy atom. The van der Waals surface area contributed by atoms with Gasteiger partial charge in [0.05, 0.1) is 10.5 Å². The van der Waals surface area contributed by atoms with Crippen LogP contribution in [0.5, 0.6) is 0 Å². The van der Waals surface area contributed by atoms with Crippen LogP contribution in [0.2, 0.25) is 0 Å². The number of rotatable bonds is 4. The van der Waals surface area contributed by atoms with E-state index in [0.717, 1.165) is 0 Å². The number of sulfonamides is 1. The number of hydrogen-bond acceptors (Lipinski definition) is 7. The highest BCUT2D eigenvalue weighted by Crippen LogP contribution is 2.20. The van der Waals surface area contributed by atoms with E-state index in [4.69, 9.17) is 14.3 Å². The zero-order valence-corrected chi connectivity index (χ0v) is 13.1. The summed E-state index contributed by atoms with van der Waals surface area (Å²) in [6, 6.07) is 2.73. The summed E-state index contributed by atoms with van der Waals surface area (Å²) >= 11 is 0. The summed E-state index contributed by atoms with van der Waals surface area (Å²) in [6.07, 6.45) is 0. The van der Waals surface area contributed by atoms with E-state index in [1.165, 1.54) is 12.1 Å². The van der Waals surface area contributed by atoms with Gasteiger partial charge in [-0.3, -0.25) is 0 Å². The second kappa shape index (κ2) is 5.85. The van der Waals surface area contributed by atoms with Crippen molar-refractivity contribution in [2.24, 2.45) is 5.14 Å². The van der Waals surface area contributed by atoms with E-state index in [9.17, 15) is 13.2 Å². The monoisotopic (exact) mass is 325 g/mol. The van der Waals surface area contributed by atoms with E-state index in [0.29, 0.717) is 17.0 Å². The Morgan fingerprint density at radius 1 is 1.27 bits per heavy atom. The van der Waals surface area contributed by atoms with Crippen LogP contribution in [0.1, 0.15) is 33.3 Å². The number of primary sulfonamides is 1. The number of benzene rings is 1. The Balaban J connectivity index is 2.25. The molecule has 2 rings (SSSR count). The standard InChI is InChI=1S/C13H15N3O5S/c1-7-4-10(5-11(8(7)2)22(14,18)19)13(17)20-6-12-16-15-9(3)21-12/h4-5H,6H2,1-3H3,(H2,14,18,19). The Morgan fingerprint density at radius 3 is 2.50 bits per heavy atom. The molecule has 0 aliphatic heterocycles. The first-order valence-electron chi connectivity index (χ1n) is 6.28. The molecule has 1 aromatic heterocycles. The molecule has 0 unspecified atom stereocenters. The summed E-state index contributed by atoms with van der Waals surface area (Å²) < 4.78 is 33.2. The lowest BCUT2D eigenvalue weighted by atomic mass is 10.1. The Kier molecular flexibility index (Phi) is 4.29. The summed E-state index contributed by atoms with van der Waals surface area (Å²) in [7, 11) is -3.92. The molecular formula is C13H15N3O5S. The Labute approximate surface area is 127 Å². The number of esters is 1. The number of nitrogens with two attached hydrogens (primary N) is 1. The first kappa shape index (κ1) is 16.1. The number of nitrogens with zero attached hydrogens (tertiary/aromatic N) is 2. The van der Waals surface area contributed by atoms with Crippen LogP contribution in [0, 0.1) is 20.8 Å². The van der Waals surface area contributed by atoms with Gasteiger partial charge < -0.3 is 9.15 Å². The fourth-order valence-corrected chi connectivity index (χ4v) is 2.73. The van der Waals surface area contributed by atoms with Crippen LogP contribution in [-0.2, 0) is 21.4 Å². The highest BCUT2D eigenvalue weighted by molar-refractivity contribution is 7.89. The first-order valence-corrected chi connectivity index (χ1v) is 7.83. The molecule has 0 saturated carbocycles. The SMILES string of the molecule is Cc1nnc(COC(=O)c2cc(C)c(C)c(S(N)(=O)=O)c2)o1. The lowest BCUT2D eigenvalue weighted by Crippen LogP contribution is -2.16. The van der Waals surface area contributed by atoms with Crippen molar-refractivity contribution in [2.45, 2.75) is 32.3 Å². The maximum atomic E-state index is 12.0. The van der Waals surface area contributed by atoms with E-state index < -0.39 is 16.0 Å². The summed E-state index contributed by atoms with van der Waals surface area (Å²) in [4.78, 5) is 11.9. The van der Waals surface area contributed by atoms with E-state index in [-0.39, 0.29) is 23.0 Å². The molecule has 0 aliphatic carbocycles. The number of aryl methyl sites for hydroxylation is 2. The molecule has 0 radical (unpaired) electrons. The molecule has 1 heterocycles. The molecule has 0 fully saturated rings. The summed E-state index contributed by atoms with van der Waals surface area (Å²) in [5.74, 6) is -0.195. The molecule has 2 aromatic rings. The minimum atomic E-state index is -3.92. The molecule has 0 atom stereocenters. The van der Waals surface area contributed by atoms with E-state index in [1.54, 1.807) is 20.8 Å². The first-order chi connectivity index (χ1) is 10.2. The van der Waals surface area contributed by atoms with E-state index >= 15 is 0 Å². The molecule has 8 nitrogen and oxygen atoms in total. The van der Waals surface area contributed by atoms with Crippen LogP contribution < -0.4 is 5.14 Å². The minimum Gasteiger partial charge on any atom is -0.452 e. The predicted molar refractivity (Wildman–Crippen MR) is 75.4 cm³/mol. The van der Waals surface area contributed by atoms with Crippen LogP contribution in [-0.4, -0.2) is 24.6 Å². The molecule has 0 aliphatic rings. The van der Waals surface area contributed by atoms with Gasteiger partial charge in [0.25, 0.3) is 5.89 Å². The third kappa shape index (κ3) is 3.49. The summed E-state index contributed by atoms with van der Waals surface area (Å²) in [5.41, 5.74) is 1.20. The van der Waals surface area contributed by atoms with Crippen molar-refractivity contribution in [3.63, 3.8) is 0 Å². The van der Waals surface area contributed by atoms with Gasteiger partial charge in [-0.15, -0.1) is 10.2 Å². The zero-order chi connectivity index (χ0) is 16.5. The van der Waals surface area contributed by atoms with Crippen molar-refractivity contribution in [1.82, 2.24) is 10.2 Å². The number of carbonyl (C=O) groups is 1. The number of aromatic nitrogens is 2. The van der Waals surface area contributed by atoms with E-state index in [2.05, 4.69) is 10.2 Å². The minimum absolute atomic E-state index is 0.0864. The van der Waals surface area contributed by atoms with Gasteiger partial charge >= 0.3 is 5.97 Å². The molecule has 2 N–H and O–H groups in total. The van der Waals surface area contributed by atoms with Crippen molar-refractivity contribution in [2.75, 3.05) is 0 Å². The number of hydrogen-bond donors (Lipinski definition) is 1. The van der Waals surface area contributed by atoms with Gasteiger partial charge in [-0.1, -0.05) is 0 Å². The largest absolute Gasteiger partial charge is 0.452 e. The van der Waals surface area contributed by atoms with Crippen LogP contribution >= 0.6 is 0 Å². The second-order valence-corrected chi connectivity index (χ2v) is 6.28. The van der Waals surface area contributed by atoms with Gasteiger partial charge in [0.1, 0.15) is 0 Å². The molecule has 1 aromatic carbocycles. The van der Waals surface area contributed by atoms with Crippen molar-refractivity contribution in [3.05, 3.63) is 40.6 Å². The summed E-state index contributed by atoms with van der Waals surface area (Å²) in [6.45, 7) is 4.71. The molecule has 0 bridgehead atoms. The lowest BCUT2D eigenvalue weighted by molar-refractivity contribution is 0.0436. The third-order valence-electron chi connectivity index (χ3n) is 3.06. The number of ether oxygens (including phenoxy) is 1. The van der Waals surface area contributed by atoms with Crippen LogP contribution in [0.3, 0.4) is 0 Å². The fraction of sp³-hybridized carbons (Fsp3) is 0.308. The zero-order valence-electron chi connectivity index (χ0n) is 12.3. The van der Waals surface area contributed by atoms with Crippen LogP contribution in [0.15, 0.2) is 21.4 Å². The van der Waals surface area contributed by atoms with Crippen molar-refractivity contribution >= 4 is 16.0 Å². The molecule has 9 heteroatoms. The molecule has 22 heavy (non-hydrogen) atoms. The molecule has 0 amide bonds. The van der Waals surface area contributed by atoms with Gasteiger partial charge in [-0.25, -0.2) is 18.4 Å². The lowest BCUT2D eigenvalue weighted by Gasteiger charge is -2.10. The van der Waals surface area contributed by atoms with Gasteiger partial charge in [0, 0.05) is 6.92 Å². The van der Waals surface area contributed by atoms with E-state index in [1.807, 2.05) is 0 Å². The Hall–Kier alpha value is -2.26. The highest BCUT2D eigenvalue weighted by Gasteiger charge is 2.18. The molecule has 0 saturated heterocycles. The fourth-order valence-electron chi connectivity index (χ4n) is 1.85. The van der Waals surface area contributed by atoms with Crippen LogP contribution in [0.25, 0.3) is 0 Å². The molecular weight excluding hydrogens is 310 g/mol. The maximum absolute atomic E-state index is 12.0. The molecule has 0 spiro atoms. The van der Waals surface area contributed by atoms with Crippen molar-refractivity contribution in [3.8, 4) is 0 Å². The average Bonchev–Trinajstić information content (AvgIpc) is 2.83. The predicted octanol–water partition coefficient (Wildman–Crippen LogP) is 0.999. The smallest absolute Gasteiger partial charge is 0.338 e. The quantitative estimate of drug-likeness (QED) is 0.831. The molecule has 118 valence electrons. The summed E-state index contributed by atoms with van der Waals surface area (Å²) in [5, 5.41) is 12.4. The van der Waals surface area contributed by atoms with Crippen LogP contribution in [0.4, 0.5) is 0 Å². The number of carbonyl (C=O) groups excluding carboxylic acids is 1. The average molecular weight is 325 g/mol. The van der Waals surface area contributed by atoms with Gasteiger partial charge in [0.15, 0.2) is 6.61 Å². The normalized spacial score (nSPS) is 11.5. The third-order valence-corrected chi connectivity index (χ3v) is 4.09. The second-order valence-electron chi connectivity index (χ2n) is 4.75. The topological polar surface area (TPSA) is 125 Å². The van der Waals surface area contributed by atoms with Gasteiger partial charge in [-0.05, 0) is 37.1 Å².